The number of hydrogen-bond acceptors (Lipinski definition) is 3. The number of aliphatic carboxylic acids is 1. The van der Waals surface area contributed by atoms with Crippen molar-refractivity contribution in [3.05, 3.63) is 30.3 Å². The average Bonchev–Trinajstić information content (AvgIpc) is 2.45. The number of amides is 1. The lowest BCUT2D eigenvalue weighted by molar-refractivity contribution is -0.136. The van der Waals surface area contributed by atoms with Crippen LogP contribution in [0.1, 0.15) is 26.2 Å². The third kappa shape index (κ3) is 5.40. The first kappa shape index (κ1) is 16.2. The molecule has 1 rings (SSSR count). The van der Waals surface area contributed by atoms with Gasteiger partial charge in [0.25, 0.3) is 0 Å². The second kappa shape index (κ2) is 8.32. The largest absolute Gasteiger partial charge is 0.481 e. The topological polar surface area (TPSA) is 83.6 Å². The summed E-state index contributed by atoms with van der Waals surface area (Å²) >= 11 is 0. The van der Waals surface area contributed by atoms with Gasteiger partial charge in [-0.2, -0.15) is 0 Å². The molecule has 0 saturated heterocycles. The Bertz CT molecular complexity index is 434. The molecule has 5 heteroatoms. The van der Waals surface area contributed by atoms with Crippen LogP contribution in [0.4, 0.5) is 5.69 Å². The molecule has 110 valence electrons. The second-order valence-electron chi connectivity index (χ2n) is 4.90. The molecule has 20 heavy (non-hydrogen) atoms. The van der Waals surface area contributed by atoms with Crippen molar-refractivity contribution in [2.75, 3.05) is 18.0 Å². The van der Waals surface area contributed by atoms with Crippen LogP contribution in [0.5, 0.6) is 0 Å². The summed E-state index contributed by atoms with van der Waals surface area (Å²) in [6.07, 6.45) is 1.03. The fourth-order valence-corrected chi connectivity index (χ4v) is 1.84. The second-order valence-corrected chi connectivity index (χ2v) is 4.90. The normalized spacial score (nSPS) is 11.9. The zero-order chi connectivity index (χ0) is 15.0. The average molecular weight is 278 g/mol. The maximum Gasteiger partial charge on any atom is 0.305 e. The lowest BCUT2D eigenvalue weighted by Gasteiger charge is -2.22. The van der Waals surface area contributed by atoms with Crippen molar-refractivity contribution >= 4 is 17.6 Å². The van der Waals surface area contributed by atoms with Crippen molar-refractivity contribution in [1.82, 2.24) is 0 Å². The molecule has 0 aromatic heterocycles. The Hall–Kier alpha value is -1.88. The third-order valence-electron chi connectivity index (χ3n) is 3.17. The number of anilines is 1. The highest BCUT2D eigenvalue weighted by Gasteiger charge is 2.17. The van der Waals surface area contributed by atoms with E-state index in [0.717, 1.165) is 5.69 Å². The number of carbonyl (C=O) groups excluding carboxylic acids is 1. The molecule has 1 atom stereocenters. The van der Waals surface area contributed by atoms with Gasteiger partial charge in [0.2, 0.25) is 5.91 Å². The smallest absolute Gasteiger partial charge is 0.305 e. The van der Waals surface area contributed by atoms with Crippen LogP contribution in [-0.4, -0.2) is 30.1 Å². The number of nitrogens with zero attached hydrogens (tertiary/aromatic N) is 1. The maximum absolute atomic E-state index is 12.3. The highest BCUT2D eigenvalue weighted by molar-refractivity contribution is 5.93. The van der Waals surface area contributed by atoms with Crippen LogP contribution in [0.2, 0.25) is 0 Å². The quantitative estimate of drug-likeness (QED) is 0.760. The fourth-order valence-electron chi connectivity index (χ4n) is 1.84. The Labute approximate surface area is 119 Å². The van der Waals surface area contributed by atoms with Crippen molar-refractivity contribution in [2.24, 2.45) is 11.7 Å². The molecule has 0 aliphatic rings. The van der Waals surface area contributed by atoms with Crippen molar-refractivity contribution in [3.63, 3.8) is 0 Å². The van der Waals surface area contributed by atoms with Crippen molar-refractivity contribution in [3.8, 4) is 0 Å². The Balaban J connectivity index is 2.71. The summed E-state index contributed by atoms with van der Waals surface area (Å²) < 4.78 is 0. The van der Waals surface area contributed by atoms with Gasteiger partial charge in [0.15, 0.2) is 0 Å². The highest BCUT2D eigenvalue weighted by Crippen LogP contribution is 2.16. The minimum Gasteiger partial charge on any atom is -0.481 e. The molecule has 0 heterocycles. The SMILES string of the molecule is CC(CN)CCC(=O)N(CCC(=O)O)c1ccccc1. The van der Waals surface area contributed by atoms with E-state index >= 15 is 0 Å². The zero-order valence-corrected chi connectivity index (χ0v) is 11.8. The molecule has 0 aliphatic heterocycles. The monoisotopic (exact) mass is 278 g/mol. The van der Waals surface area contributed by atoms with Crippen LogP contribution in [-0.2, 0) is 9.59 Å². The summed E-state index contributed by atoms with van der Waals surface area (Å²) in [5.41, 5.74) is 6.28. The third-order valence-corrected chi connectivity index (χ3v) is 3.17. The Morgan fingerprint density at radius 3 is 2.45 bits per heavy atom. The van der Waals surface area contributed by atoms with Crippen LogP contribution in [0.3, 0.4) is 0 Å². The number of carboxylic acids is 1. The van der Waals surface area contributed by atoms with Crippen LogP contribution < -0.4 is 10.6 Å². The number of benzene rings is 1. The number of para-hydroxylation sites is 1. The molecular weight excluding hydrogens is 256 g/mol. The molecule has 0 bridgehead atoms. The Morgan fingerprint density at radius 1 is 1.25 bits per heavy atom. The van der Waals surface area contributed by atoms with Crippen LogP contribution >= 0.6 is 0 Å². The first-order valence-corrected chi connectivity index (χ1v) is 6.82. The van der Waals surface area contributed by atoms with Gasteiger partial charge in [0.1, 0.15) is 0 Å². The summed E-state index contributed by atoms with van der Waals surface area (Å²) in [6.45, 7) is 2.74. The van der Waals surface area contributed by atoms with Gasteiger partial charge in [-0.05, 0) is 31.0 Å². The van der Waals surface area contributed by atoms with Crippen molar-refractivity contribution < 1.29 is 14.7 Å². The van der Waals surface area contributed by atoms with E-state index in [1.165, 1.54) is 4.90 Å². The standard InChI is InChI=1S/C15H22N2O3/c1-12(11-16)7-8-14(18)17(10-9-15(19)20)13-5-3-2-4-6-13/h2-6,12H,7-11,16H2,1H3,(H,19,20). The Kier molecular flexibility index (Phi) is 6.73. The van der Waals surface area contributed by atoms with Crippen LogP contribution in [0.15, 0.2) is 30.3 Å². The summed E-state index contributed by atoms with van der Waals surface area (Å²) in [5, 5.41) is 8.79. The van der Waals surface area contributed by atoms with Gasteiger partial charge in [-0.15, -0.1) is 0 Å². The van der Waals surface area contributed by atoms with E-state index in [0.29, 0.717) is 19.4 Å². The van der Waals surface area contributed by atoms with Gasteiger partial charge in [0.05, 0.1) is 6.42 Å². The molecule has 3 N–H and O–H groups in total. The van der Waals surface area contributed by atoms with Gasteiger partial charge >= 0.3 is 5.97 Å². The van der Waals surface area contributed by atoms with Crippen LogP contribution in [0.25, 0.3) is 0 Å². The molecule has 0 radical (unpaired) electrons. The molecule has 1 amide bonds. The summed E-state index contributed by atoms with van der Waals surface area (Å²) in [4.78, 5) is 24.5. The molecule has 1 aromatic carbocycles. The molecule has 5 nitrogen and oxygen atoms in total. The van der Waals surface area contributed by atoms with Gasteiger partial charge in [0, 0.05) is 18.7 Å². The molecule has 0 saturated carbocycles. The van der Waals surface area contributed by atoms with E-state index in [1.807, 2.05) is 37.3 Å². The number of nitrogens with two attached hydrogens (primary N) is 1. The lowest BCUT2D eigenvalue weighted by Crippen LogP contribution is -2.33. The summed E-state index contributed by atoms with van der Waals surface area (Å²) in [6, 6.07) is 9.15. The predicted molar refractivity (Wildman–Crippen MR) is 78.5 cm³/mol. The van der Waals surface area contributed by atoms with Gasteiger partial charge < -0.3 is 15.7 Å². The van der Waals surface area contributed by atoms with Crippen LogP contribution in [0, 0.1) is 5.92 Å². The minimum absolute atomic E-state index is 0.0576. The van der Waals surface area contributed by atoms with E-state index < -0.39 is 5.97 Å². The predicted octanol–water partition coefficient (Wildman–Crippen LogP) is 1.87. The Morgan fingerprint density at radius 2 is 1.90 bits per heavy atom. The fraction of sp³-hybridized carbons (Fsp3) is 0.467. The zero-order valence-electron chi connectivity index (χ0n) is 11.8. The van der Waals surface area contributed by atoms with E-state index in [2.05, 4.69) is 0 Å². The summed E-state index contributed by atoms with van der Waals surface area (Å²) in [5.74, 6) is -0.678. The minimum atomic E-state index is -0.908. The van der Waals surface area contributed by atoms with Crippen molar-refractivity contribution in [2.45, 2.75) is 26.2 Å². The summed E-state index contributed by atoms with van der Waals surface area (Å²) in [7, 11) is 0. The molecule has 0 fully saturated rings. The first-order valence-electron chi connectivity index (χ1n) is 6.82. The maximum atomic E-state index is 12.3. The first-order chi connectivity index (χ1) is 9.54. The molecule has 1 aromatic rings. The molecular formula is C15H22N2O3. The van der Waals surface area contributed by atoms with E-state index in [-0.39, 0.29) is 24.8 Å². The van der Waals surface area contributed by atoms with E-state index in [9.17, 15) is 9.59 Å². The number of carbonyl (C=O) groups is 2. The molecule has 0 spiro atoms. The number of hydrogen-bond donors (Lipinski definition) is 2. The lowest BCUT2D eigenvalue weighted by atomic mass is 10.1. The highest BCUT2D eigenvalue weighted by atomic mass is 16.4. The van der Waals surface area contributed by atoms with Gasteiger partial charge in [-0.3, -0.25) is 9.59 Å². The van der Waals surface area contributed by atoms with E-state index in [4.69, 9.17) is 10.8 Å². The van der Waals surface area contributed by atoms with E-state index in [1.54, 1.807) is 0 Å². The van der Waals surface area contributed by atoms with Gasteiger partial charge in [-0.25, -0.2) is 0 Å². The molecule has 1 unspecified atom stereocenters. The number of rotatable bonds is 8. The van der Waals surface area contributed by atoms with Crippen molar-refractivity contribution in [1.29, 1.82) is 0 Å². The molecule has 0 aliphatic carbocycles. The van der Waals surface area contributed by atoms with Gasteiger partial charge in [-0.1, -0.05) is 25.1 Å². The number of carboxylic acid groups (broad SMARTS) is 1.